The highest BCUT2D eigenvalue weighted by atomic mass is 32.1. The van der Waals surface area contributed by atoms with Gasteiger partial charge in [-0.05, 0) is 19.1 Å². The van der Waals surface area contributed by atoms with Crippen molar-refractivity contribution in [3.8, 4) is 0 Å². The third-order valence-corrected chi connectivity index (χ3v) is 4.58. The lowest BCUT2D eigenvalue weighted by Gasteiger charge is -2.26. The zero-order chi connectivity index (χ0) is 14.3. The predicted molar refractivity (Wildman–Crippen MR) is 79.9 cm³/mol. The van der Waals surface area contributed by atoms with E-state index < -0.39 is 0 Å². The van der Waals surface area contributed by atoms with Gasteiger partial charge in [0.1, 0.15) is 4.88 Å². The van der Waals surface area contributed by atoms with E-state index in [1.54, 1.807) is 4.90 Å². The first-order valence-corrected chi connectivity index (χ1v) is 7.22. The van der Waals surface area contributed by atoms with Gasteiger partial charge in [-0.1, -0.05) is 11.6 Å². The number of anilines is 1. The maximum absolute atomic E-state index is 12.5. The lowest BCUT2D eigenvalue weighted by molar-refractivity contribution is -0.123. The number of nitrogens with zero attached hydrogens (tertiary/aromatic N) is 1. The second kappa shape index (κ2) is 4.79. The Balaban J connectivity index is 1.99. The first kappa shape index (κ1) is 12.9. The van der Waals surface area contributed by atoms with Crippen molar-refractivity contribution in [2.75, 3.05) is 25.4 Å². The van der Waals surface area contributed by atoms with Gasteiger partial charge in [-0.3, -0.25) is 9.59 Å². The van der Waals surface area contributed by atoms with Crippen LogP contribution < -0.4 is 11.1 Å². The topological polar surface area (TPSA) is 75.4 Å². The fourth-order valence-electron chi connectivity index (χ4n) is 2.34. The molecule has 0 saturated carbocycles. The van der Waals surface area contributed by atoms with E-state index in [0.29, 0.717) is 23.7 Å². The Kier molecular flexibility index (Phi) is 3.10. The maximum Gasteiger partial charge on any atom is 0.266 e. The molecule has 1 saturated heterocycles. The highest BCUT2D eigenvalue weighted by Crippen LogP contribution is 2.35. The lowest BCUT2D eigenvalue weighted by Crippen LogP contribution is -2.49. The minimum atomic E-state index is -0.156. The minimum Gasteiger partial charge on any atom is -0.397 e. The highest BCUT2D eigenvalue weighted by Gasteiger charge is 2.26. The van der Waals surface area contributed by atoms with Crippen LogP contribution in [0.2, 0.25) is 0 Å². The summed E-state index contributed by atoms with van der Waals surface area (Å²) in [5.41, 5.74) is 7.74. The van der Waals surface area contributed by atoms with Gasteiger partial charge in [0, 0.05) is 23.2 Å². The van der Waals surface area contributed by atoms with E-state index >= 15 is 0 Å². The van der Waals surface area contributed by atoms with Crippen LogP contribution in [0, 0.1) is 6.92 Å². The Morgan fingerprint density at radius 1 is 1.45 bits per heavy atom. The molecule has 0 radical (unpaired) electrons. The van der Waals surface area contributed by atoms with E-state index in [2.05, 4.69) is 5.32 Å². The van der Waals surface area contributed by atoms with Gasteiger partial charge >= 0.3 is 0 Å². The Hall–Kier alpha value is -2.08. The Bertz CT molecular complexity index is 708. The third kappa shape index (κ3) is 2.12. The van der Waals surface area contributed by atoms with Crippen LogP contribution in [0.25, 0.3) is 10.1 Å². The van der Waals surface area contributed by atoms with E-state index in [4.69, 9.17) is 5.73 Å². The average molecular weight is 289 g/mol. The molecule has 1 fully saturated rings. The average Bonchev–Trinajstić information content (AvgIpc) is 2.75. The fourth-order valence-corrected chi connectivity index (χ4v) is 3.42. The number of thiophene rings is 1. The van der Waals surface area contributed by atoms with Crippen molar-refractivity contribution in [2.45, 2.75) is 6.92 Å². The highest BCUT2D eigenvalue weighted by molar-refractivity contribution is 7.21. The molecule has 0 atom stereocenters. The van der Waals surface area contributed by atoms with Gasteiger partial charge in [-0.25, -0.2) is 0 Å². The van der Waals surface area contributed by atoms with Crippen LogP contribution in [-0.4, -0.2) is 36.3 Å². The molecule has 0 spiro atoms. The van der Waals surface area contributed by atoms with Crippen molar-refractivity contribution < 1.29 is 9.59 Å². The van der Waals surface area contributed by atoms with E-state index in [0.717, 1.165) is 15.6 Å². The van der Waals surface area contributed by atoms with Crippen molar-refractivity contribution >= 4 is 38.9 Å². The summed E-state index contributed by atoms with van der Waals surface area (Å²) < 4.78 is 0.998. The number of rotatable bonds is 1. The quantitative estimate of drug-likeness (QED) is 0.832. The summed E-state index contributed by atoms with van der Waals surface area (Å²) in [5.74, 6) is -0.281. The summed E-state index contributed by atoms with van der Waals surface area (Å²) in [6, 6.07) is 5.97. The van der Waals surface area contributed by atoms with Gasteiger partial charge in [-0.15, -0.1) is 11.3 Å². The number of carbonyl (C=O) groups excluding carboxylic acids is 2. The van der Waals surface area contributed by atoms with Crippen LogP contribution in [0.5, 0.6) is 0 Å². The lowest BCUT2D eigenvalue weighted by atomic mass is 10.1. The van der Waals surface area contributed by atoms with Crippen molar-refractivity contribution in [1.29, 1.82) is 0 Å². The normalized spacial score (nSPS) is 15.4. The second-order valence-corrected chi connectivity index (χ2v) is 5.97. The summed E-state index contributed by atoms with van der Waals surface area (Å²) >= 11 is 1.39. The molecule has 2 heterocycles. The molecule has 5 nitrogen and oxygen atoms in total. The summed E-state index contributed by atoms with van der Waals surface area (Å²) in [6.45, 7) is 3.12. The molecule has 1 aromatic heterocycles. The molecule has 0 unspecified atom stereocenters. The molecule has 1 aliphatic rings. The number of benzene rings is 1. The summed E-state index contributed by atoms with van der Waals surface area (Å²) in [5, 5.41) is 3.62. The molecule has 3 rings (SSSR count). The smallest absolute Gasteiger partial charge is 0.266 e. The van der Waals surface area contributed by atoms with Gasteiger partial charge in [0.15, 0.2) is 0 Å². The number of nitrogen functional groups attached to an aromatic ring is 1. The molecule has 1 aliphatic heterocycles. The van der Waals surface area contributed by atoms with Crippen LogP contribution in [0.4, 0.5) is 5.69 Å². The Morgan fingerprint density at radius 3 is 3.00 bits per heavy atom. The number of carbonyl (C=O) groups is 2. The predicted octanol–water partition coefficient (Wildman–Crippen LogP) is 1.36. The van der Waals surface area contributed by atoms with Crippen molar-refractivity contribution in [2.24, 2.45) is 0 Å². The van der Waals surface area contributed by atoms with Gasteiger partial charge in [0.2, 0.25) is 5.91 Å². The Morgan fingerprint density at radius 2 is 2.25 bits per heavy atom. The Labute approximate surface area is 120 Å². The van der Waals surface area contributed by atoms with Crippen LogP contribution in [0.3, 0.4) is 0 Å². The fraction of sp³-hybridized carbons (Fsp3) is 0.286. The van der Waals surface area contributed by atoms with E-state index in [1.165, 1.54) is 11.3 Å². The second-order valence-electron chi connectivity index (χ2n) is 4.92. The van der Waals surface area contributed by atoms with Crippen molar-refractivity contribution in [1.82, 2.24) is 10.2 Å². The molecule has 1 aromatic carbocycles. The first-order chi connectivity index (χ1) is 9.56. The molecular weight excluding hydrogens is 274 g/mol. The van der Waals surface area contributed by atoms with Crippen LogP contribution in [0.1, 0.15) is 15.2 Å². The number of nitrogens with one attached hydrogen (secondary N) is 1. The molecule has 6 heteroatoms. The summed E-state index contributed by atoms with van der Waals surface area (Å²) in [4.78, 5) is 26.0. The van der Waals surface area contributed by atoms with Crippen LogP contribution >= 0.6 is 11.3 Å². The van der Waals surface area contributed by atoms with Gasteiger partial charge < -0.3 is 16.0 Å². The van der Waals surface area contributed by atoms with E-state index in [-0.39, 0.29) is 18.4 Å². The number of aryl methyl sites for hydroxylation is 1. The molecule has 104 valence electrons. The van der Waals surface area contributed by atoms with E-state index in [9.17, 15) is 9.59 Å². The molecule has 2 amide bonds. The maximum atomic E-state index is 12.5. The number of piperazine rings is 1. The molecular formula is C14H15N3O2S. The number of nitrogens with two attached hydrogens (primary N) is 1. The zero-order valence-corrected chi connectivity index (χ0v) is 11.9. The summed E-state index contributed by atoms with van der Waals surface area (Å²) in [6.07, 6.45) is 0. The molecule has 0 aliphatic carbocycles. The molecule has 3 N–H and O–H groups in total. The number of amides is 2. The first-order valence-electron chi connectivity index (χ1n) is 6.41. The summed E-state index contributed by atoms with van der Waals surface area (Å²) in [7, 11) is 0. The molecule has 20 heavy (non-hydrogen) atoms. The number of hydrogen-bond acceptors (Lipinski definition) is 4. The number of fused-ring (bicyclic) bond motifs is 1. The molecule has 0 bridgehead atoms. The number of hydrogen-bond donors (Lipinski definition) is 2. The minimum absolute atomic E-state index is 0.103. The standard InChI is InChI=1S/C14H15N3O2S/c1-8-2-3-10-9(6-8)12(15)13(20-10)14(19)17-5-4-16-11(18)7-17/h2-3,6H,4-5,7,15H2,1H3,(H,16,18). The van der Waals surface area contributed by atoms with Crippen LogP contribution in [-0.2, 0) is 4.79 Å². The zero-order valence-electron chi connectivity index (χ0n) is 11.1. The largest absolute Gasteiger partial charge is 0.397 e. The van der Waals surface area contributed by atoms with E-state index in [1.807, 2.05) is 25.1 Å². The third-order valence-electron chi connectivity index (χ3n) is 3.40. The molecule has 2 aromatic rings. The van der Waals surface area contributed by atoms with Crippen LogP contribution in [0.15, 0.2) is 18.2 Å². The van der Waals surface area contributed by atoms with Crippen molar-refractivity contribution in [3.05, 3.63) is 28.6 Å². The van der Waals surface area contributed by atoms with Gasteiger partial charge in [-0.2, -0.15) is 0 Å². The SMILES string of the molecule is Cc1ccc2sc(C(=O)N3CCNC(=O)C3)c(N)c2c1. The van der Waals surface area contributed by atoms with Gasteiger partial charge in [0.25, 0.3) is 5.91 Å². The van der Waals surface area contributed by atoms with Crippen molar-refractivity contribution in [3.63, 3.8) is 0 Å². The monoisotopic (exact) mass is 289 g/mol. The van der Waals surface area contributed by atoms with Gasteiger partial charge in [0.05, 0.1) is 12.2 Å².